The van der Waals surface area contributed by atoms with E-state index in [0.29, 0.717) is 0 Å². The molecule has 0 aliphatic carbocycles. The zero-order chi connectivity index (χ0) is 8.81. The first-order valence-corrected chi connectivity index (χ1v) is 4.05. The molecule has 12 heavy (non-hydrogen) atoms. The predicted molar refractivity (Wildman–Crippen MR) is 54.6 cm³/mol. The highest BCUT2D eigenvalue weighted by atomic mass is 14.0. The Kier molecular flexibility index (Phi) is 3.34. The first-order chi connectivity index (χ1) is 5.88. The maximum Gasteiger partial charge on any atom is -0.0187 e. The third-order valence-electron chi connectivity index (χ3n) is 1.69. The lowest BCUT2D eigenvalue weighted by Gasteiger charge is -2.00. The summed E-state index contributed by atoms with van der Waals surface area (Å²) in [6.45, 7) is 7.53. The quantitative estimate of drug-likeness (QED) is 0.589. The van der Waals surface area contributed by atoms with Crippen LogP contribution in [0.3, 0.4) is 0 Å². The van der Waals surface area contributed by atoms with E-state index in [9.17, 15) is 0 Å². The molecule has 0 nitrogen and oxygen atoms in total. The summed E-state index contributed by atoms with van der Waals surface area (Å²) < 4.78 is 0. The summed E-state index contributed by atoms with van der Waals surface area (Å²) >= 11 is 0. The summed E-state index contributed by atoms with van der Waals surface area (Å²) in [4.78, 5) is 0. The molecule has 61 valence electrons. The lowest BCUT2D eigenvalue weighted by Crippen LogP contribution is -1.78. The second-order valence-corrected chi connectivity index (χ2v) is 2.52. The van der Waals surface area contributed by atoms with Crippen LogP contribution in [-0.4, -0.2) is 0 Å². The number of hydrogen-bond donors (Lipinski definition) is 0. The summed E-state index contributed by atoms with van der Waals surface area (Å²) in [5, 5.41) is 0. The SMILES string of the molecule is [CH2]CC=C(C=C)c1ccccc1. The van der Waals surface area contributed by atoms with Crippen LogP contribution in [0.25, 0.3) is 5.57 Å². The van der Waals surface area contributed by atoms with Crippen LogP contribution in [0, 0.1) is 6.92 Å². The Bertz CT molecular complexity index is 267. The van der Waals surface area contributed by atoms with E-state index in [2.05, 4.69) is 31.7 Å². The standard InChI is InChI=1S/C12H13/c1-3-8-11(4-2)12-9-6-5-7-10-12/h4-10H,1-3H2. The molecule has 1 radical (unpaired) electrons. The predicted octanol–water partition coefficient (Wildman–Crippen LogP) is 3.48. The highest BCUT2D eigenvalue weighted by molar-refractivity contribution is 5.73. The van der Waals surface area contributed by atoms with Gasteiger partial charge in [-0.05, 0) is 24.5 Å². The molecule has 1 aromatic carbocycles. The zero-order valence-electron chi connectivity index (χ0n) is 7.16. The van der Waals surface area contributed by atoms with Crippen LogP contribution in [0.5, 0.6) is 0 Å². The third kappa shape index (κ3) is 2.09. The molecule has 0 saturated heterocycles. The monoisotopic (exact) mass is 157 g/mol. The van der Waals surface area contributed by atoms with Crippen molar-refractivity contribution in [2.75, 3.05) is 0 Å². The van der Waals surface area contributed by atoms with Crippen LogP contribution in [-0.2, 0) is 0 Å². The molecule has 0 unspecified atom stereocenters. The van der Waals surface area contributed by atoms with E-state index < -0.39 is 0 Å². The number of hydrogen-bond acceptors (Lipinski definition) is 0. The molecular weight excluding hydrogens is 144 g/mol. The number of rotatable bonds is 3. The molecule has 0 saturated carbocycles. The second kappa shape index (κ2) is 4.55. The van der Waals surface area contributed by atoms with E-state index in [1.54, 1.807) is 0 Å². The zero-order valence-corrected chi connectivity index (χ0v) is 7.16. The van der Waals surface area contributed by atoms with E-state index in [4.69, 9.17) is 0 Å². The molecule has 0 amide bonds. The van der Waals surface area contributed by atoms with E-state index in [1.807, 2.05) is 24.3 Å². The average molecular weight is 157 g/mol. The highest BCUT2D eigenvalue weighted by Crippen LogP contribution is 2.14. The van der Waals surface area contributed by atoms with E-state index >= 15 is 0 Å². The molecule has 0 fully saturated rings. The molecule has 0 spiro atoms. The summed E-state index contributed by atoms with van der Waals surface area (Å²) in [6, 6.07) is 10.2. The minimum atomic E-state index is 0.802. The molecule has 0 N–H and O–H groups in total. The number of allylic oxidation sites excluding steroid dienone is 3. The summed E-state index contributed by atoms with van der Waals surface area (Å²) in [5.74, 6) is 0. The fraction of sp³-hybridized carbons (Fsp3) is 0.0833. The van der Waals surface area contributed by atoms with E-state index in [0.717, 1.165) is 12.0 Å². The molecule has 1 rings (SSSR count). The Balaban J connectivity index is 2.96. The van der Waals surface area contributed by atoms with Crippen molar-refractivity contribution in [3.63, 3.8) is 0 Å². The van der Waals surface area contributed by atoms with Crippen molar-refractivity contribution in [3.8, 4) is 0 Å². The maximum atomic E-state index is 3.77. The topological polar surface area (TPSA) is 0 Å². The first kappa shape index (κ1) is 8.79. The minimum Gasteiger partial charge on any atom is -0.0985 e. The lowest BCUT2D eigenvalue weighted by molar-refractivity contribution is 1.40. The van der Waals surface area contributed by atoms with Gasteiger partial charge in [0.25, 0.3) is 0 Å². The van der Waals surface area contributed by atoms with Crippen molar-refractivity contribution in [2.24, 2.45) is 0 Å². The summed E-state index contributed by atoms with van der Waals surface area (Å²) in [5.41, 5.74) is 2.36. The Labute approximate surface area is 74.2 Å². The molecule has 0 aromatic heterocycles. The van der Waals surface area contributed by atoms with Gasteiger partial charge in [-0.15, -0.1) is 0 Å². The molecule has 0 aliphatic heterocycles. The van der Waals surface area contributed by atoms with Crippen LogP contribution >= 0.6 is 0 Å². The lowest BCUT2D eigenvalue weighted by atomic mass is 10.1. The van der Waals surface area contributed by atoms with Crippen molar-refractivity contribution in [3.05, 3.63) is 61.5 Å². The fourth-order valence-electron chi connectivity index (χ4n) is 1.11. The maximum absolute atomic E-state index is 3.77. The van der Waals surface area contributed by atoms with Crippen molar-refractivity contribution in [1.29, 1.82) is 0 Å². The second-order valence-electron chi connectivity index (χ2n) is 2.52. The van der Waals surface area contributed by atoms with Crippen LogP contribution in [0.2, 0.25) is 0 Å². The average Bonchev–Trinajstić information content (AvgIpc) is 2.15. The highest BCUT2D eigenvalue weighted by Gasteiger charge is 1.92. The molecule has 0 heteroatoms. The van der Waals surface area contributed by atoms with Gasteiger partial charge in [0.05, 0.1) is 0 Å². The Hall–Kier alpha value is -1.30. The molecule has 0 bridgehead atoms. The number of benzene rings is 1. The third-order valence-corrected chi connectivity index (χ3v) is 1.69. The Morgan fingerprint density at radius 1 is 1.25 bits per heavy atom. The smallest absolute Gasteiger partial charge is 0.0187 e. The van der Waals surface area contributed by atoms with Gasteiger partial charge in [-0.1, -0.05) is 49.1 Å². The normalized spacial score (nSPS) is 11.2. The van der Waals surface area contributed by atoms with Crippen LogP contribution in [0.4, 0.5) is 0 Å². The van der Waals surface area contributed by atoms with Gasteiger partial charge in [0.2, 0.25) is 0 Å². The van der Waals surface area contributed by atoms with Gasteiger partial charge in [-0.3, -0.25) is 0 Å². The van der Waals surface area contributed by atoms with Crippen LogP contribution in [0.15, 0.2) is 49.1 Å². The van der Waals surface area contributed by atoms with Gasteiger partial charge in [0.1, 0.15) is 0 Å². The first-order valence-electron chi connectivity index (χ1n) is 4.05. The van der Waals surface area contributed by atoms with Gasteiger partial charge in [0.15, 0.2) is 0 Å². The van der Waals surface area contributed by atoms with Crippen molar-refractivity contribution < 1.29 is 0 Å². The Morgan fingerprint density at radius 2 is 1.92 bits per heavy atom. The molecular formula is C12H13. The van der Waals surface area contributed by atoms with E-state index in [1.165, 1.54) is 5.56 Å². The summed E-state index contributed by atoms with van der Waals surface area (Å²) in [7, 11) is 0. The largest absolute Gasteiger partial charge is 0.0985 e. The minimum absolute atomic E-state index is 0.802. The molecule has 0 atom stereocenters. The van der Waals surface area contributed by atoms with Crippen molar-refractivity contribution in [2.45, 2.75) is 6.42 Å². The van der Waals surface area contributed by atoms with Gasteiger partial charge < -0.3 is 0 Å². The van der Waals surface area contributed by atoms with Crippen molar-refractivity contribution >= 4 is 5.57 Å². The van der Waals surface area contributed by atoms with Gasteiger partial charge in [-0.25, -0.2) is 0 Å². The van der Waals surface area contributed by atoms with Gasteiger partial charge in [-0.2, -0.15) is 0 Å². The van der Waals surface area contributed by atoms with Crippen LogP contribution < -0.4 is 0 Å². The van der Waals surface area contributed by atoms with Crippen LogP contribution in [0.1, 0.15) is 12.0 Å². The van der Waals surface area contributed by atoms with E-state index in [-0.39, 0.29) is 0 Å². The summed E-state index contributed by atoms with van der Waals surface area (Å²) in [6.07, 6.45) is 4.74. The van der Waals surface area contributed by atoms with Crippen molar-refractivity contribution in [1.82, 2.24) is 0 Å². The Morgan fingerprint density at radius 3 is 2.42 bits per heavy atom. The van der Waals surface area contributed by atoms with Gasteiger partial charge in [0, 0.05) is 0 Å². The fourth-order valence-corrected chi connectivity index (χ4v) is 1.11. The molecule has 0 aliphatic rings. The molecule has 0 heterocycles. The molecule has 1 aromatic rings. The van der Waals surface area contributed by atoms with Gasteiger partial charge >= 0.3 is 0 Å².